The number of carbonyl (C=O) groups excluding carboxylic acids is 1. The van der Waals surface area contributed by atoms with Crippen molar-refractivity contribution in [1.29, 1.82) is 0 Å². The van der Waals surface area contributed by atoms with Crippen LogP contribution in [0.15, 0.2) is 53.9 Å². The molecule has 6 heteroatoms. The van der Waals surface area contributed by atoms with E-state index >= 15 is 0 Å². The zero-order valence-corrected chi connectivity index (χ0v) is 15.3. The molecular weight excluding hydrogens is 351 g/mol. The first-order chi connectivity index (χ1) is 12.5. The van der Waals surface area contributed by atoms with E-state index in [0.717, 1.165) is 17.7 Å². The van der Waals surface area contributed by atoms with Gasteiger partial charge >= 0.3 is 0 Å². The number of amides is 1. The topological polar surface area (TPSA) is 51.2 Å². The molecule has 4 nitrogen and oxygen atoms in total. The maximum Gasteiger partial charge on any atom is 0.266 e. The van der Waals surface area contributed by atoms with Gasteiger partial charge in [-0.1, -0.05) is 31.2 Å². The lowest BCUT2D eigenvalue weighted by Crippen LogP contribution is -2.30. The second-order valence-corrected chi connectivity index (χ2v) is 6.65. The predicted octanol–water partition coefficient (Wildman–Crippen LogP) is 4.92. The van der Waals surface area contributed by atoms with Crippen molar-refractivity contribution in [3.8, 4) is 17.0 Å². The number of benzene rings is 2. The van der Waals surface area contributed by atoms with Gasteiger partial charge < -0.3 is 4.74 Å². The molecule has 134 valence electrons. The lowest BCUT2D eigenvalue weighted by Gasteiger charge is -2.13. The summed E-state index contributed by atoms with van der Waals surface area (Å²) in [6, 6.07) is 13.8. The second kappa shape index (κ2) is 8.10. The van der Waals surface area contributed by atoms with E-state index in [2.05, 4.69) is 29.4 Å². The first kappa shape index (κ1) is 18.1. The molecule has 0 bridgehead atoms. The molecule has 0 aliphatic heterocycles. The van der Waals surface area contributed by atoms with Gasteiger partial charge in [-0.2, -0.15) is 0 Å². The molecule has 3 aromatic rings. The minimum atomic E-state index is -0.725. The van der Waals surface area contributed by atoms with Gasteiger partial charge in [-0.3, -0.25) is 10.1 Å². The number of thiazole rings is 1. The van der Waals surface area contributed by atoms with Crippen molar-refractivity contribution in [3.63, 3.8) is 0 Å². The molecule has 26 heavy (non-hydrogen) atoms. The number of hydrogen-bond acceptors (Lipinski definition) is 4. The Balaban J connectivity index is 1.62. The van der Waals surface area contributed by atoms with Crippen molar-refractivity contribution in [2.75, 3.05) is 5.32 Å². The average Bonchev–Trinajstić information content (AvgIpc) is 3.12. The lowest BCUT2D eigenvalue weighted by atomic mass is 10.1. The minimum absolute atomic E-state index is 0.309. The summed E-state index contributed by atoms with van der Waals surface area (Å²) in [5.41, 5.74) is 3.10. The van der Waals surface area contributed by atoms with Gasteiger partial charge in [0.25, 0.3) is 5.91 Å². The van der Waals surface area contributed by atoms with Gasteiger partial charge in [0.15, 0.2) is 11.2 Å². The molecule has 0 aliphatic carbocycles. The van der Waals surface area contributed by atoms with Gasteiger partial charge in [-0.25, -0.2) is 9.37 Å². The van der Waals surface area contributed by atoms with Crippen LogP contribution in [0.25, 0.3) is 11.3 Å². The Morgan fingerprint density at radius 1 is 1.19 bits per heavy atom. The Kier molecular flexibility index (Phi) is 5.63. The number of anilines is 1. The Bertz CT molecular complexity index is 876. The summed E-state index contributed by atoms with van der Waals surface area (Å²) in [4.78, 5) is 16.7. The molecule has 1 amide bonds. The van der Waals surface area contributed by atoms with E-state index < -0.39 is 6.10 Å². The summed E-state index contributed by atoms with van der Waals surface area (Å²) in [5.74, 6) is -0.224. The quantitative estimate of drug-likeness (QED) is 0.670. The van der Waals surface area contributed by atoms with E-state index in [-0.39, 0.29) is 11.7 Å². The third kappa shape index (κ3) is 4.46. The summed E-state index contributed by atoms with van der Waals surface area (Å²) >= 11 is 1.36. The number of halogens is 1. The van der Waals surface area contributed by atoms with E-state index in [1.807, 2.05) is 17.5 Å². The summed E-state index contributed by atoms with van der Waals surface area (Å²) in [5, 5.41) is 5.17. The molecule has 0 spiro atoms. The molecule has 1 N–H and O–H groups in total. The second-order valence-electron chi connectivity index (χ2n) is 5.79. The van der Waals surface area contributed by atoms with Crippen molar-refractivity contribution in [2.24, 2.45) is 0 Å². The molecule has 0 saturated carbocycles. The third-order valence-electron chi connectivity index (χ3n) is 3.89. The van der Waals surface area contributed by atoms with E-state index in [0.29, 0.717) is 10.9 Å². The maximum absolute atomic E-state index is 12.9. The highest BCUT2D eigenvalue weighted by molar-refractivity contribution is 7.14. The largest absolute Gasteiger partial charge is 0.481 e. The third-order valence-corrected chi connectivity index (χ3v) is 4.65. The highest BCUT2D eigenvalue weighted by atomic mass is 32.1. The smallest absolute Gasteiger partial charge is 0.266 e. The van der Waals surface area contributed by atoms with Gasteiger partial charge in [0.2, 0.25) is 0 Å². The normalized spacial score (nSPS) is 11.8. The van der Waals surface area contributed by atoms with Crippen LogP contribution in [0.2, 0.25) is 0 Å². The Hall–Kier alpha value is -2.73. The van der Waals surface area contributed by atoms with Crippen molar-refractivity contribution in [3.05, 3.63) is 65.3 Å². The highest BCUT2D eigenvalue weighted by Gasteiger charge is 2.16. The zero-order chi connectivity index (χ0) is 18.5. The van der Waals surface area contributed by atoms with E-state index in [1.54, 1.807) is 6.92 Å². The fraction of sp³-hybridized carbons (Fsp3) is 0.200. The number of nitrogens with zero attached hydrogens (tertiary/aromatic N) is 1. The van der Waals surface area contributed by atoms with Gasteiger partial charge in [0, 0.05) is 10.9 Å². The number of aromatic nitrogens is 1. The highest BCUT2D eigenvalue weighted by Crippen LogP contribution is 2.25. The Morgan fingerprint density at radius 3 is 2.54 bits per heavy atom. The fourth-order valence-corrected chi connectivity index (χ4v) is 3.08. The summed E-state index contributed by atoms with van der Waals surface area (Å²) in [7, 11) is 0. The van der Waals surface area contributed by atoms with Crippen LogP contribution in [-0.2, 0) is 11.2 Å². The summed E-state index contributed by atoms with van der Waals surface area (Å²) in [6.45, 7) is 3.75. The molecule has 0 saturated heterocycles. The van der Waals surface area contributed by atoms with Gasteiger partial charge in [-0.15, -0.1) is 11.3 Å². The standard InChI is InChI=1S/C20H19FN2O2S/c1-3-14-4-6-15(7-5-14)18-12-26-20(22-18)23-19(24)13(2)25-17-10-8-16(21)9-11-17/h4-13H,3H2,1-2H3,(H,22,23,24)/t13-/m1/s1. The number of rotatable bonds is 6. The molecule has 0 fully saturated rings. The average molecular weight is 370 g/mol. The molecule has 2 aromatic carbocycles. The van der Waals surface area contributed by atoms with E-state index in [9.17, 15) is 9.18 Å². The fourth-order valence-electron chi connectivity index (χ4n) is 2.35. The Labute approximate surface area is 155 Å². The van der Waals surface area contributed by atoms with Crippen LogP contribution < -0.4 is 10.1 Å². The van der Waals surface area contributed by atoms with Crippen LogP contribution in [0, 0.1) is 5.82 Å². The van der Waals surface area contributed by atoms with Crippen LogP contribution in [0.5, 0.6) is 5.75 Å². The summed E-state index contributed by atoms with van der Waals surface area (Å²) < 4.78 is 18.4. The number of ether oxygens (including phenoxy) is 1. The minimum Gasteiger partial charge on any atom is -0.481 e. The van der Waals surface area contributed by atoms with Crippen molar-refractivity contribution >= 4 is 22.4 Å². The van der Waals surface area contributed by atoms with E-state index in [4.69, 9.17) is 4.74 Å². The molecule has 0 aliphatic rings. The SMILES string of the molecule is CCc1ccc(-c2csc(NC(=O)[C@@H](C)Oc3ccc(F)cc3)n2)cc1. The van der Waals surface area contributed by atoms with Gasteiger partial charge in [0.1, 0.15) is 11.6 Å². The van der Waals surface area contributed by atoms with Crippen LogP contribution >= 0.6 is 11.3 Å². The van der Waals surface area contributed by atoms with Crippen molar-refractivity contribution in [2.45, 2.75) is 26.4 Å². The molecule has 0 unspecified atom stereocenters. The first-order valence-corrected chi connectivity index (χ1v) is 9.21. The van der Waals surface area contributed by atoms with Crippen LogP contribution in [-0.4, -0.2) is 17.0 Å². The Morgan fingerprint density at radius 2 is 1.88 bits per heavy atom. The molecule has 0 radical (unpaired) electrons. The summed E-state index contributed by atoms with van der Waals surface area (Å²) in [6.07, 6.45) is 0.265. The van der Waals surface area contributed by atoms with Crippen LogP contribution in [0.3, 0.4) is 0 Å². The van der Waals surface area contributed by atoms with Crippen molar-refractivity contribution < 1.29 is 13.9 Å². The monoisotopic (exact) mass is 370 g/mol. The van der Waals surface area contributed by atoms with Crippen molar-refractivity contribution in [1.82, 2.24) is 4.98 Å². The van der Waals surface area contributed by atoms with Gasteiger partial charge in [0.05, 0.1) is 5.69 Å². The first-order valence-electron chi connectivity index (χ1n) is 8.33. The lowest BCUT2D eigenvalue weighted by molar-refractivity contribution is -0.122. The molecule has 1 heterocycles. The van der Waals surface area contributed by atoms with Gasteiger partial charge in [-0.05, 0) is 43.2 Å². The number of nitrogens with one attached hydrogen (secondary N) is 1. The molecule has 1 atom stereocenters. The number of aryl methyl sites for hydroxylation is 1. The van der Waals surface area contributed by atoms with Crippen LogP contribution in [0.4, 0.5) is 9.52 Å². The zero-order valence-electron chi connectivity index (χ0n) is 14.5. The molecule has 3 rings (SSSR count). The molecule has 1 aromatic heterocycles. The number of carbonyl (C=O) groups is 1. The van der Waals surface area contributed by atoms with E-state index in [1.165, 1.54) is 41.2 Å². The maximum atomic E-state index is 12.9. The predicted molar refractivity (Wildman–Crippen MR) is 102 cm³/mol. The molecular formula is C20H19FN2O2S. The van der Waals surface area contributed by atoms with Crippen LogP contribution in [0.1, 0.15) is 19.4 Å². The number of hydrogen-bond donors (Lipinski definition) is 1.